The van der Waals surface area contributed by atoms with E-state index in [1.165, 1.54) is 0 Å². The third kappa shape index (κ3) is 2.55. The number of hydrogen-bond acceptors (Lipinski definition) is 3. The number of nitrogens with one attached hydrogen (secondary N) is 2. The Labute approximate surface area is 85.5 Å². The van der Waals surface area contributed by atoms with Gasteiger partial charge in [0.05, 0.1) is 12.8 Å². The Kier molecular flexibility index (Phi) is 3.63. The fourth-order valence-electron chi connectivity index (χ4n) is 1.32. The monoisotopic (exact) mass is 194 g/mol. The highest BCUT2D eigenvalue weighted by molar-refractivity contribution is 5.63. The summed E-state index contributed by atoms with van der Waals surface area (Å²) in [5, 5.41) is 6.40. The van der Waals surface area contributed by atoms with Crippen LogP contribution < -0.4 is 15.4 Å². The van der Waals surface area contributed by atoms with Crippen molar-refractivity contribution < 1.29 is 4.74 Å². The molecule has 3 nitrogen and oxygen atoms in total. The number of ether oxygens (including phenoxy) is 1. The lowest BCUT2D eigenvalue weighted by Gasteiger charge is -2.13. The molecule has 0 aliphatic carbocycles. The predicted molar refractivity (Wildman–Crippen MR) is 61.3 cm³/mol. The Balaban J connectivity index is 2.89. The van der Waals surface area contributed by atoms with Crippen LogP contribution in [0.2, 0.25) is 0 Å². The van der Waals surface area contributed by atoms with Crippen molar-refractivity contribution in [2.24, 2.45) is 0 Å². The molecule has 0 bridgehead atoms. The van der Waals surface area contributed by atoms with Gasteiger partial charge >= 0.3 is 0 Å². The highest BCUT2D eigenvalue weighted by atomic mass is 16.5. The maximum absolute atomic E-state index is 5.26. The maximum atomic E-state index is 5.26. The van der Waals surface area contributed by atoms with E-state index in [1.54, 1.807) is 7.11 Å². The molecule has 0 saturated heterocycles. The molecule has 0 spiro atoms. The molecule has 3 heteroatoms. The largest absolute Gasteiger partial charge is 0.495 e. The first-order chi connectivity index (χ1) is 6.67. The molecule has 1 aromatic rings. The van der Waals surface area contributed by atoms with Crippen molar-refractivity contribution in [3.8, 4) is 5.75 Å². The van der Waals surface area contributed by atoms with Gasteiger partial charge in [-0.1, -0.05) is 0 Å². The van der Waals surface area contributed by atoms with E-state index >= 15 is 0 Å². The summed E-state index contributed by atoms with van der Waals surface area (Å²) in [6.07, 6.45) is 0. The van der Waals surface area contributed by atoms with Crippen molar-refractivity contribution >= 4 is 11.4 Å². The van der Waals surface area contributed by atoms with Crippen molar-refractivity contribution in [3.05, 3.63) is 18.2 Å². The molecule has 0 unspecified atom stereocenters. The summed E-state index contributed by atoms with van der Waals surface area (Å²) in [6, 6.07) is 6.46. The molecule has 0 atom stereocenters. The van der Waals surface area contributed by atoms with Gasteiger partial charge in [-0.3, -0.25) is 0 Å². The summed E-state index contributed by atoms with van der Waals surface area (Å²) in [6.45, 7) is 4.22. The van der Waals surface area contributed by atoms with E-state index in [2.05, 4.69) is 24.5 Å². The van der Waals surface area contributed by atoms with Crippen LogP contribution in [0.1, 0.15) is 13.8 Å². The van der Waals surface area contributed by atoms with Gasteiger partial charge < -0.3 is 15.4 Å². The van der Waals surface area contributed by atoms with Crippen LogP contribution in [-0.2, 0) is 0 Å². The van der Waals surface area contributed by atoms with Crippen molar-refractivity contribution in [1.29, 1.82) is 0 Å². The summed E-state index contributed by atoms with van der Waals surface area (Å²) in [5.74, 6) is 0.859. The number of methoxy groups -OCH3 is 1. The third-order valence-corrected chi connectivity index (χ3v) is 1.93. The van der Waals surface area contributed by atoms with Crippen LogP contribution in [0.25, 0.3) is 0 Å². The Morgan fingerprint density at radius 2 is 2.00 bits per heavy atom. The van der Waals surface area contributed by atoms with Crippen LogP contribution >= 0.6 is 0 Å². The maximum Gasteiger partial charge on any atom is 0.143 e. The number of anilines is 2. The highest BCUT2D eigenvalue weighted by Crippen LogP contribution is 2.27. The molecule has 1 aromatic carbocycles. The van der Waals surface area contributed by atoms with Gasteiger partial charge in [-0.15, -0.1) is 0 Å². The summed E-state index contributed by atoms with van der Waals surface area (Å²) in [5.41, 5.74) is 2.08. The zero-order chi connectivity index (χ0) is 10.6. The van der Waals surface area contributed by atoms with Gasteiger partial charge in [0.2, 0.25) is 0 Å². The smallest absolute Gasteiger partial charge is 0.143 e. The fraction of sp³-hybridized carbons (Fsp3) is 0.455. The standard InChI is InChI=1S/C11H18N2O/c1-8(2)13-9-5-6-10(12-3)11(7-9)14-4/h5-8,12-13H,1-4H3. The molecular formula is C11H18N2O. The zero-order valence-corrected chi connectivity index (χ0v) is 9.22. The molecule has 78 valence electrons. The fourth-order valence-corrected chi connectivity index (χ4v) is 1.32. The lowest BCUT2D eigenvalue weighted by Crippen LogP contribution is -2.09. The first-order valence-electron chi connectivity index (χ1n) is 4.79. The van der Waals surface area contributed by atoms with E-state index in [0.29, 0.717) is 6.04 Å². The van der Waals surface area contributed by atoms with E-state index < -0.39 is 0 Å². The molecule has 0 heterocycles. The van der Waals surface area contributed by atoms with Crippen LogP contribution in [0.5, 0.6) is 5.75 Å². The van der Waals surface area contributed by atoms with Gasteiger partial charge in [0.1, 0.15) is 5.75 Å². The van der Waals surface area contributed by atoms with E-state index in [4.69, 9.17) is 4.74 Å². The van der Waals surface area contributed by atoms with E-state index in [0.717, 1.165) is 17.1 Å². The number of benzene rings is 1. The van der Waals surface area contributed by atoms with Gasteiger partial charge in [0, 0.05) is 24.8 Å². The average Bonchev–Trinajstić information content (AvgIpc) is 2.16. The Hall–Kier alpha value is -1.38. The summed E-state index contributed by atoms with van der Waals surface area (Å²) >= 11 is 0. The SMILES string of the molecule is CNc1ccc(NC(C)C)cc1OC. The van der Waals surface area contributed by atoms with Gasteiger partial charge in [-0.2, -0.15) is 0 Å². The molecule has 0 aliphatic heterocycles. The highest BCUT2D eigenvalue weighted by Gasteiger charge is 2.02. The third-order valence-electron chi connectivity index (χ3n) is 1.93. The topological polar surface area (TPSA) is 33.3 Å². The normalized spacial score (nSPS) is 10.1. The van der Waals surface area contributed by atoms with E-state index in [-0.39, 0.29) is 0 Å². The van der Waals surface area contributed by atoms with Crippen molar-refractivity contribution in [3.63, 3.8) is 0 Å². The first kappa shape index (κ1) is 10.7. The second-order valence-corrected chi connectivity index (χ2v) is 3.46. The van der Waals surface area contributed by atoms with Crippen LogP contribution in [0.4, 0.5) is 11.4 Å². The summed E-state index contributed by atoms with van der Waals surface area (Å²) in [4.78, 5) is 0. The Bertz CT molecular complexity index is 297. The summed E-state index contributed by atoms with van der Waals surface area (Å²) < 4.78 is 5.26. The molecule has 14 heavy (non-hydrogen) atoms. The minimum atomic E-state index is 0.431. The molecule has 0 amide bonds. The molecule has 1 rings (SSSR count). The first-order valence-corrected chi connectivity index (χ1v) is 4.79. The van der Waals surface area contributed by atoms with Crippen LogP contribution in [0.15, 0.2) is 18.2 Å². The van der Waals surface area contributed by atoms with Crippen LogP contribution in [-0.4, -0.2) is 20.2 Å². The lowest BCUT2D eigenvalue weighted by molar-refractivity contribution is 0.417. The molecule has 0 radical (unpaired) electrons. The molecular weight excluding hydrogens is 176 g/mol. The molecule has 0 saturated carbocycles. The summed E-state index contributed by atoms with van der Waals surface area (Å²) in [7, 11) is 3.56. The number of hydrogen-bond donors (Lipinski definition) is 2. The van der Waals surface area contributed by atoms with E-state index in [9.17, 15) is 0 Å². The molecule has 0 aromatic heterocycles. The van der Waals surface area contributed by atoms with Gasteiger partial charge in [0.15, 0.2) is 0 Å². The molecule has 2 N–H and O–H groups in total. The Morgan fingerprint density at radius 3 is 2.50 bits per heavy atom. The average molecular weight is 194 g/mol. The van der Waals surface area contributed by atoms with Gasteiger partial charge in [0.25, 0.3) is 0 Å². The Morgan fingerprint density at radius 1 is 1.29 bits per heavy atom. The zero-order valence-electron chi connectivity index (χ0n) is 9.22. The van der Waals surface area contributed by atoms with E-state index in [1.807, 2.05) is 25.2 Å². The number of rotatable bonds is 4. The predicted octanol–water partition coefficient (Wildman–Crippen LogP) is 2.56. The van der Waals surface area contributed by atoms with Crippen molar-refractivity contribution in [2.45, 2.75) is 19.9 Å². The second kappa shape index (κ2) is 4.74. The minimum absolute atomic E-state index is 0.431. The van der Waals surface area contributed by atoms with Crippen LogP contribution in [0.3, 0.4) is 0 Å². The van der Waals surface area contributed by atoms with Gasteiger partial charge in [-0.25, -0.2) is 0 Å². The second-order valence-electron chi connectivity index (χ2n) is 3.46. The molecule has 0 aliphatic rings. The van der Waals surface area contributed by atoms with Crippen molar-refractivity contribution in [2.75, 3.05) is 24.8 Å². The lowest BCUT2D eigenvalue weighted by atomic mass is 10.2. The quantitative estimate of drug-likeness (QED) is 0.772. The minimum Gasteiger partial charge on any atom is -0.495 e. The van der Waals surface area contributed by atoms with Crippen molar-refractivity contribution in [1.82, 2.24) is 0 Å². The van der Waals surface area contributed by atoms with Gasteiger partial charge in [-0.05, 0) is 26.0 Å². The van der Waals surface area contributed by atoms with Crippen LogP contribution in [0, 0.1) is 0 Å². The molecule has 0 fully saturated rings.